The Labute approximate surface area is 107 Å². The molecule has 0 aromatic heterocycles. The van der Waals surface area contributed by atoms with Gasteiger partial charge in [0.05, 0.1) is 17.6 Å². The van der Waals surface area contributed by atoms with Crippen molar-refractivity contribution in [3.05, 3.63) is 29.8 Å². The van der Waals surface area contributed by atoms with E-state index in [9.17, 15) is 13.5 Å². The van der Waals surface area contributed by atoms with E-state index in [1.165, 1.54) is 19.2 Å². The van der Waals surface area contributed by atoms with Gasteiger partial charge in [-0.3, -0.25) is 4.18 Å². The average molecular weight is 274 g/mol. The van der Waals surface area contributed by atoms with E-state index in [1.807, 2.05) is 6.92 Å². The molecule has 0 radical (unpaired) electrons. The molecule has 0 aliphatic rings. The first-order chi connectivity index (χ1) is 8.45. The lowest BCUT2D eigenvalue weighted by atomic mass is 10.2. The summed E-state index contributed by atoms with van der Waals surface area (Å²) in [5.74, 6) is 0. The van der Waals surface area contributed by atoms with Crippen molar-refractivity contribution in [2.75, 3.05) is 20.3 Å². The normalized spacial score (nSPS) is 13.5. The van der Waals surface area contributed by atoms with Crippen molar-refractivity contribution in [3.63, 3.8) is 0 Å². The van der Waals surface area contributed by atoms with Gasteiger partial charge in [0.1, 0.15) is 0 Å². The first-order valence-electron chi connectivity index (χ1n) is 5.59. The van der Waals surface area contributed by atoms with Crippen LogP contribution in [0.25, 0.3) is 0 Å². The van der Waals surface area contributed by atoms with Crippen molar-refractivity contribution in [1.82, 2.24) is 0 Å². The summed E-state index contributed by atoms with van der Waals surface area (Å²) in [5.41, 5.74) is 0.967. The fourth-order valence-electron chi connectivity index (χ4n) is 1.28. The zero-order valence-electron chi connectivity index (χ0n) is 10.5. The van der Waals surface area contributed by atoms with Crippen molar-refractivity contribution in [3.8, 4) is 0 Å². The van der Waals surface area contributed by atoms with Gasteiger partial charge in [-0.1, -0.05) is 17.7 Å². The van der Waals surface area contributed by atoms with E-state index in [4.69, 9.17) is 8.92 Å². The van der Waals surface area contributed by atoms with E-state index in [-0.39, 0.29) is 11.5 Å². The van der Waals surface area contributed by atoms with Gasteiger partial charge in [0.2, 0.25) is 0 Å². The van der Waals surface area contributed by atoms with Gasteiger partial charge < -0.3 is 9.84 Å². The molecule has 0 saturated carbocycles. The summed E-state index contributed by atoms with van der Waals surface area (Å²) < 4.78 is 33.1. The van der Waals surface area contributed by atoms with E-state index >= 15 is 0 Å². The van der Waals surface area contributed by atoms with E-state index in [1.54, 1.807) is 12.1 Å². The molecular formula is C12H18O5S. The predicted octanol–water partition coefficient (Wildman–Crippen LogP) is 1.10. The standard InChI is InChI=1S/C12H18O5S/c1-10-3-5-12(6-4-10)18(14,15)17-9-11(13)7-8-16-2/h3-6,11,13H,7-9H2,1-2H3/t11-/m1/s1. The molecule has 0 heterocycles. The third kappa shape index (κ3) is 4.73. The van der Waals surface area contributed by atoms with Crippen LogP contribution in [0.3, 0.4) is 0 Å². The van der Waals surface area contributed by atoms with E-state index < -0.39 is 16.2 Å². The molecule has 6 heteroatoms. The molecule has 1 aromatic carbocycles. The predicted molar refractivity (Wildman–Crippen MR) is 66.8 cm³/mol. The Balaban J connectivity index is 2.57. The quantitative estimate of drug-likeness (QED) is 0.754. The summed E-state index contributed by atoms with van der Waals surface area (Å²) >= 11 is 0. The number of hydrogen-bond donors (Lipinski definition) is 1. The minimum Gasteiger partial charge on any atom is -0.391 e. The van der Waals surface area contributed by atoms with Crippen LogP contribution in [0.4, 0.5) is 0 Å². The molecular weight excluding hydrogens is 256 g/mol. The van der Waals surface area contributed by atoms with Gasteiger partial charge in [-0.25, -0.2) is 0 Å². The van der Waals surface area contributed by atoms with Crippen LogP contribution < -0.4 is 0 Å². The minimum atomic E-state index is -3.80. The zero-order chi connectivity index (χ0) is 13.6. The largest absolute Gasteiger partial charge is 0.391 e. The van der Waals surface area contributed by atoms with E-state index in [0.717, 1.165) is 5.56 Å². The smallest absolute Gasteiger partial charge is 0.297 e. The van der Waals surface area contributed by atoms with E-state index in [0.29, 0.717) is 13.0 Å². The number of aliphatic hydroxyl groups is 1. The molecule has 0 saturated heterocycles. The Kier molecular flexibility index (Phi) is 5.74. The van der Waals surface area contributed by atoms with Crippen molar-refractivity contribution < 1.29 is 22.4 Å². The lowest BCUT2D eigenvalue weighted by molar-refractivity contribution is 0.0726. The fraction of sp³-hybridized carbons (Fsp3) is 0.500. The number of benzene rings is 1. The second kappa shape index (κ2) is 6.84. The van der Waals surface area contributed by atoms with Crippen molar-refractivity contribution >= 4 is 10.1 Å². The SMILES string of the molecule is COCC[C@@H](O)COS(=O)(=O)c1ccc(C)cc1. The van der Waals surface area contributed by atoms with Gasteiger partial charge in [0.15, 0.2) is 0 Å². The molecule has 0 unspecified atom stereocenters. The molecule has 0 aliphatic carbocycles. The molecule has 0 spiro atoms. The number of methoxy groups -OCH3 is 1. The number of hydrogen-bond acceptors (Lipinski definition) is 5. The number of ether oxygens (including phenoxy) is 1. The van der Waals surface area contributed by atoms with Gasteiger partial charge >= 0.3 is 0 Å². The van der Waals surface area contributed by atoms with Gasteiger partial charge in [-0.05, 0) is 25.5 Å². The molecule has 0 amide bonds. The maximum absolute atomic E-state index is 11.8. The maximum Gasteiger partial charge on any atom is 0.297 e. The molecule has 1 N–H and O–H groups in total. The minimum absolute atomic E-state index is 0.0899. The molecule has 0 bridgehead atoms. The van der Waals surface area contributed by atoms with E-state index in [2.05, 4.69) is 0 Å². The third-order valence-electron chi connectivity index (χ3n) is 2.38. The summed E-state index contributed by atoms with van der Waals surface area (Å²) in [6.07, 6.45) is -0.523. The van der Waals surface area contributed by atoms with Crippen molar-refractivity contribution in [2.45, 2.75) is 24.3 Å². The molecule has 102 valence electrons. The van der Waals surface area contributed by atoms with Gasteiger partial charge in [0, 0.05) is 13.7 Å². The monoisotopic (exact) mass is 274 g/mol. The highest BCUT2D eigenvalue weighted by Crippen LogP contribution is 2.13. The van der Waals surface area contributed by atoms with Crippen LogP contribution in [0.1, 0.15) is 12.0 Å². The Hall–Kier alpha value is -0.950. The Morgan fingerprint density at radius 2 is 1.89 bits per heavy atom. The first kappa shape index (κ1) is 15.1. The number of rotatable bonds is 7. The molecule has 1 rings (SSSR count). The van der Waals surface area contributed by atoms with Gasteiger partial charge in [-0.2, -0.15) is 8.42 Å². The topological polar surface area (TPSA) is 72.8 Å². The highest BCUT2D eigenvalue weighted by atomic mass is 32.2. The molecule has 18 heavy (non-hydrogen) atoms. The second-order valence-corrected chi connectivity index (χ2v) is 5.60. The number of aryl methyl sites for hydroxylation is 1. The lowest BCUT2D eigenvalue weighted by Crippen LogP contribution is -2.20. The van der Waals surface area contributed by atoms with Crippen LogP contribution in [0.15, 0.2) is 29.2 Å². The Morgan fingerprint density at radius 1 is 1.28 bits per heavy atom. The summed E-state index contributed by atoms with van der Waals surface area (Å²) in [6, 6.07) is 6.34. The van der Waals surface area contributed by atoms with Crippen LogP contribution in [-0.4, -0.2) is 40.0 Å². The summed E-state index contributed by atoms with van der Waals surface area (Å²) in [6.45, 7) is 1.96. The maximum atomic E-state index is 11.8. The summed E-state index contributed by atoms with van der Waals surface area (Å²) in [5, 5.41) is 9.47. The van der Waals surface area contributed by atoms with Crippen LogP contribution in [-0.2, 0) is 19.0 Å². The summed E-state index contributed by atoms with van der Waals surface area (Å²) in [4.78, 5) is 0.0899. The highest BCUT2D eigenvalue weighted by Gasteiger charge is 2.17. The highest BCUT2D eigenvalue weighted by molar-refractivity contribution is 7.86. The number of aliphatic hydroxyl groups excluding tert-OH is 1. The van der Waals surface area contributed by atoms with Gasteiger partial charge in [-0.15, -0.1) is 0 Å². The molecule has 1 aromatic rings. The third-order valence-corrected chi connectivity index (χ3v) is 3.68. The van der Waals surface area contributed by atoms with Crippen molar-refractivity contribution in [2.24, 2.45) is 0 Å². The Bertz CT molecular complexity index is 452. The molecule has 0 aliphatic heterocycles. The molecule has 1 atom stereocenters. The molecule has 5 nitrogen and oxygen atoms in total. The van der Waals surface area contributed by atoms with Gasteiger partial charge in [0.25, 0.3) is 10.1 Å². The summed E-state index contributed by atoms with van der Waals surface area (Å²) in [7, 11) is -2.29. The zero-order valence-corrected chi connectivity index (χ0v) is 11.3. The first-order valence-corrected chi connectivity index (χ1v) is 6.99. The fourth-order valence-corrected chi connectivity index (χ4v) is 2.22. The second-order valence-electron chi connectivity index (χ2n) is 3.99. The average Bonchev–Trinajstić information content (AvgIpc) is 2.34. The Morgan fingerprint density at radius 3 is 2.44 bits per heavy atom. The lowest BCUT2D eigenvalue weighted by Gasteiger charge is -2.10. The van der Waals surface area contributed by atoms with Crippen LogP contribution in [0.2, 0.25) is 0 Å². The van der Waals surface area contributed by atoms with Crippen LogP contribution in [0.5, 0.6) is 0 Å². The molecule has 0 fully saturated rings. The van der Waals surface area contributed by atoms with Crippen molar-refractivity contribution in [1.29, 1.82) is 0 Å². The van der Waals surface area contributed by atoms with Crippen LogP contribution >= 0.6 is 0 Å². The van der Waals surface area contributed by atoms with Crippen LogP contribution in [0, 0.1) is 6.92 Å².